The molecule has 2 fully saturated rings. The maximum atomic E-state index is 13.7. The number of methoxy groups -OCH3 is 1. The fourth-order valence-electron chi connectivity index (χ4n) is 8.29. The Labute approximate surface area is 322 Å². The van der Waals surface area contributed by atoms with Crippen LogP contribution in [-0.2, 0) is 19.1 Å². The lowest BCUT2D eigenvalue weighted by molar-refractivity contribution is -0.138. The van der Waals surface area contributed by atoms with E-state index in [1.54, 1.807) is 4.90 Å². The summed E-state index contributed by atoms with van der Waals surface area (Å²) in [5.41, 5.74) is 5.16. The van der Waals surface area contributed by atoms with Crippen LogP contribution in [0.3, 0.4) is 0 Å². The Morgan fingerprint density at radius 1 is 0.768 bits per heavy atom. The first-order valence-electron chi connectivity index (χ1n) is 19.4. The summed E-state index contributed by atoms with van der Waals surface area (Å²) in [6.45, 7) is 10.3. The number of amides is 4. The molecular formula is C41H47N9O6. The predicted molar refractivity (Wildman–Crippen MR) is 210 cm³/mol. The van der Waals surface area contributed by atoms with Gasteiger partial charge in [-0.05, 0) is 80.0 Å². The van der Waals surface area contributed by atoms with E-state index in [2.05, 4.69) is 20.6 Å². The lowest BCUT2D eigenvalue weighted by Crippen LogP contribution is -2.51. The van der Waals surface area contributed by atoms with Crippen molar-refractivity contribution in [3.05, 3.63) is 54.1 Å². The SMILES string of the molecule is COC(=O)N[C@H](C(=O)N1CCC[C@H]1c1nc2ccc3nc(-c4cc5ccc6nc([C@@H]7CCCN7C(=O)[C@@H](NC(C)=O)C(C)C)[nH]c6c5o4)ccc3c2[nH]1)C(C)C. The van der Waals surface area contributed by atoms with Crippen LogP contribution in [0.2, 0.25) is 0 Å². The lowest BCUT2D eigenvalue weighted by Gasteiger charge is -2.30. The number of aromatic amines is 2. The molecule has 0 bridgehead atoms. The Hall–Kier alpha value is -5.99. The number of hydrogen-bond acceptors (Lipinski definition) is 9. The molecule has 15 nitrogen and oxygen atoms in total. The second-order valence-corrected chi connectivity index (χ2v) is 15.6. The third-order valence-corrected chi connectivity index (χ3v) is 11.1. The van der Waals surface area contributed by atoms with Gasteiger partial charge in [-0.3, -0.25) is 14.4 Å². The number of likely N-dealkylation sites (tertiary alicyclic amines) is 2. The van der Waals surface area contributed by atoms with Gasteiger partial charge in [0.2, 0.25) is 17.7 Å². The second-order valence-electron chi connectivity index (χ2n) is 15.6. The van der Waals surface area contributed by atoms with Crippen LogP contribution >= 0.6 is 0 Å². The number of hydrogen-bond donors (Lipinski definition) is 4. The molecule has 0 unspecified atom stereocenters. The highest BCUT2D eigenvalue weighted by Crippen LogP contribution is 2.38. The normalized spacial score (nSPS) is 18.5. The molecule has 4 amide bonds. The molecule has 0 saturated carbocycles. The van der Waals surface area contributed by atoms with Crippen molar-refractivity contribution >= 4 is 67.8 Å². The van der Waals surface area contributed by atoms with Crippen LogP contribution < -0.4 is 10.6 Å². The van der Waals surface area contributed by atoms with Crippen molar-refractivity contribution < 1.29 is 28.3 Å². The van der Waals surface area contributed by atoms with E-state index in [9.17, 15) is 19.2 Å². The molecule has 15 heteroatoms. The average Bonchev–Trinajstić information content (AvgIpc) is 4.02. The van der Waals surface area contributed by atoms with Gasteiger partial charge in [0.25, 0.3) is 0 Å². The Balaban J connectivity index is 1.07. The minimum Gasteiger partial charge on any atom is -0.453 e. The van der Waals surface area contributed by atoms with Gasteiger partial charge in [0.1, 0.15) is 34.9 Å². The molecule has 4 aromatic heterocycles. The maximum Gasteiger partial charge on any atom is 0.407 e. The number of aromatic nitrogens is 5. The molecule has 2 aromatic carbocycles. The molecule has 2 aliphatic rings. The number of carbonyl (C=O) groups is 4. The number of rotatable bonds is 9. The minimum absolute atomic E-state index is 0.0572. The van der Waals surface area contributed by atoms with Crippen molar-refractivity contribution in [1.82, 2.24) is 45.4 Å². The smallest absolute Gasteiger partial charge is 0.407 e. The molecule has 6 aromatic rings. The van der Waals surface area contributed by atoms with Crippen molar-refractivity contribution in [3.8, 4) is 11.5 Å². The molecule has 0 aliphatic carbocycles. The summed E-state index contributed by atoms with van der Waals surface area (Å²) in [6, 6.07) is 11.9. The van der Waals surface area contributed by atoms with Crippen LogP contribution in [0.1, 0.15) is 84.0 Å². The summed E-state index contributed by atoms with van der Waals surface area (Å²) >= 11 is 0. The highest BCUT2D eigenvalue weighted by atomic mass is 16.5. The first kappa shape index (κ1) is 37.0. The van der Waals surface area contributed by atoms with Gasteiger partial charge in [-0.15, -0.1) is 0 Å². The first-order chi connectivity index (χ1) is 26.9. The summed E-state index contributed by atoms with van der Waals surface area (Å²) in [4.78, 5) is 76.7. The fraction of sp³-hybridized carbons (Fsp3) is 0.439. The zero-order chi connectivity index (χ0) is 39.4. The highest BCUT2D eigenvalue weighted by Gasteiger charge is 2.39. The summed E-state index contributed by atoms with van der Waals surface area (Å²) in [5.74, 6) is 1.31. The quantitative estimate of drug-likeness (QED) is 0.132. The number of carbonyl (C=O) groups excluding carboxylic acids is 4. The molecule has 292 valence electrons. The fourth-order valence-corrected chi connectivity index (χ4v) is 8.29. The van der Waals surface area contributed by atoms with Crippen molar-refractivity contribution in [1.29, 1.82) is 0 Å². The number of alkyl carbamates (subject to hydrolysis) is 1. The number of H-pyrrole nitrogens is 2. The van der Waals surface area contributed by atoms with Gasteiger partial charge >= 0.3 is 6.09 Å². The summed E-state index contributed by atoms with van der Waals surface area (Å²) in [6.07, 6.45) is 2.54. The topological polar surface area (TPSA) is 191 Å². The number of fused-ring (bicyclic) bond motifs is 6. The zero-order valence-corrected chi connectivity index (χ0v) is 32.4. The Kier molecular flexibility index (Phi) is 9.63. The van der Waals surface area contributed by atoms with Crippen LogP contribution in [0.25, 0.3) is 55.4 Å². The van der Waals surface area contributed by atoms with E-state index in [1.807, 2.05) is 75.1 Å². The van der Waals surface area contributed by atoms with Gasteiger partial charge in [-0.25, -0.2) is 19.7 Å². The molecule has 4 N–H and O–H groups in total. The zero-order valence-electron chi connectivity index (χ0n) is 32.4. The van der Waals surface area contributed by atoms with E-state index in [1.165, 1.54) is 14.0 Å². The number of imidazole rings is 2. The van der Waals surface area contributed by atoms with Gasteiger partial charge in [0, 0.05) is 30.8 Å². The number of pyridine rings is 1. The average molecular weight is 762 g/mol. The standard InChI is InChI=1S/C41H47N9O6/c1-20(2)32(42-22(5)51)39(52)49-17-8-10-30(49)38-45-28-13-11-23-19-31(56-36(23)35(28)47-38)26-14-12-24-25(43-26)15-16-27-34(24)46-37(44-27)29-9-7-18-50(29)40(53)33(21(3)4)48-41(54)55-6/h11-16,19-21,29-30,32-33H,7-10,17-18H2,1-6H3,(H,42,51)(H,44,46)(H,45,47)(H,48,54)/t29-,30-,32-,33-/m0/s1. The van der Waals surface area contributed by atoms with Crippen LogP contribution in [0.15, 0.2) is 46.9 Å². The van der Waals surface area contributed by atoms with Crippen molar-refractivity contribution in [3.63, 3.8) is 0 Å². The number of furan rings is 1. The van der Waals surface area contributed by atoms with Crippen LogP contribution in [0.4, 0.5) is 4.79 Å². The van der Waals surface area contributed by atoms with E-state index in [4.69, 9.17) is 24.1 Å². The monoisotopic (exact) mass is 761 g/mol. The maximum absolute atomic E-state index is 13.7. The number of nitrogens with zero attached hydrogens (tertiary/aromatic N) is 5. The summed E-state index contributed by atoms with van der Waals surface area (Å²) in [5, 5.41) is 7.31. The van der Waals surface area contributed by atoms with E-state index in [-0.39, 0.29) is 41.6 Å². The Morgan fingerprint density at radius 3 is 1.95 bits per heavy atom. The van der Waals surface area contributed by atoms with Gasteiger partial charge in [0.15, 0.2) is 11.3 Å². The molecule has 0 spiro atoms. The van der Waals surface area contributed by atoms with Crippen LogP contribution in [-0.4, -0.2) is 90.8 Å². The van der Waals surface area contributed by atoms with E-state index in [0.717, 1.165) is 64.0 Å². The molecule has 8 rings (SSSR count). The summed E-state index contributed by atoms with van der Waals surface area (Å²) in [7, 11) is 1.29. The van der Waals surface area contributed by atoms with Crippen molar-refractivity contribution in [2.75, 3.05) is 20.2 Å². The Bertz CT molecular complexity index is 2500. The molecule has 2 aliphatic heterocycles. The largest absolute Gasteiger partial charge is 0.453 e. The molecule has 2 saturated heterocycles. The minimum atomic E-state index is -0.714. The first-order valence-corrected chi connectivity index (χ1v) is 19.4. The molecule has 0 radical (unpaired) electrons. The Morgan fingerprint density at radius 2 is 1.34 bits per heavy atom. The highest BCUT2D eigenvalue weighted by molar-refractivity contribution is 6.04. The lowest BCUT2D eigenvalue weighted by atomic mass is 10.0. The van der Waals surface area contributed by atoms with Crippen LogP contribution in [0, 0.1) is 11.8 Å². The second kappa shape index (κ2) is 14.6. The number of ether oxygens (including phenoxy) is 1. The van der Waals surface area contributed by atoms with Crippen molar-refractivity contribution in [2.24, 2.45) is 11.8 Å². The number of benzene rings is 2. The van der Waals surface area contributed by atoms with Gasteiger partial charge < -0.3 is 39.6 Å². The third kappa shape index (κ3) is 6.58. The molecule has 4 atom stereocenters. The van der Waals surface area contributed by atoms with Gasteiger partial charge in [-0.2, -0.15) is 0 Å². The van der Waals surface area contributed by atoms with Gasteiger partial charge in [0.05, 0.1) is 41.3 Å². The van der Waals surface area contributed by atoms with E-state index in [0.29, 0.717) is 41.8 Å². The predicted octanol–water partition coefficient (Wildman–Crippen LogP) is 6.27. The molecule has 6 heterocycles. The summed E-state index contributed by atoms with van der Waals surface area (Å²) < 4.78 is 11.3. The van der Waals surface area contributed by atoms with Gasteiger partial charge in [-0.1, -0.05) is 27.7 Å². The van der Waals surface area contributed by atoms with E-state index < -0.39 is 18.2 Å². The van der Waals surface area contributed by atoms with Crippen molar-refractivity contribution in [2.45, 2.75) is 84.5 Å². The van der Waals surface area contributed by atoms with Crippen LogP contribution in [0.5, 0.6) is 0 Å². The molecular weight excluding hydrogens is 715 g/mol. The van der Waals surface area contributed by atoms with E-state index >= 15 is 0 Å². The number of nitrogens with one attached hydrogen (secondary N) is 4. The molecule has 56 heavy (non-hydrogen) atoms. The third-order valence-electron chi connectivity index (χ3n) is 11.1.